The highest BCUT2D eigenvalue weighted by atomic mass is 31.2. The maximum atomic E-state index is 14.4. The summed E-state index contributed by atoms with van der Waals surface area (Å²) in [5.74, 6) is 0. The fourth-order valence-electron chi connectivity index (χ4n) is 3.08. The van der Waals surface area contributed by atoms with Crippen LogP contribution in [0, 0.1) is 6.92 Å². The monoisotopic (exact) mass is 360 g/mol. The SMILES string of the molecule is CC=Cc1ccccc1P(=O)(C(=O)c1ccccc1C)c1ccccc1. The lowest BCUT2D eigenvalue weighted by atomic mass is 10.1. The van der Waals surface area contributed by atoms with Crippen LogP contribution in [-0.2, 0) is 4.57 Å². The van der Waals surface area contributed by atoms with Gasteiger partial charge in [-0.2, -0.15) is 0 Å². The third kappa shape index (κ3) is 3.21. The van der Waals surface area contributed by atoms with Gasteiger partial charge in [-0.15, -0.1) is 0 Å². The zero-order chi connectivity index (χ0) is 18.6. The van der Waals surface area contributed by atoms with Crippen LogP contribution in [0.25, 0.3) is 6.08 Å². The lowest BCUT2D eigenvalue weighted by Crippen LogP contribution is -2.24. The van der Waals surface area contributed by atoms with Crippen molar-refractivity contribution in [1.82, 2.24) is 0 Å². The van der Waals surface area contributed by atoms with Crippen LogP contribution in [0.15, 0.2) is 84.9 Å². The molecule has 0 heterocycles. The van der Waals surface area contributed by atoms with Crippen molar-refractivity contribution in [1.29, 1.82) is 0 Å². The van der Waals surface area contributed by atoms with Crippen LogP contribution in [-0.4, -0.2) is 5.52 Å². The number of hydrogen-bond acceptors (Lipinski definition) is 2. The molecule has 0 spiro atoms. The average Bonchev–Trinajstić information content (AvgIpc) is 2.68. The van der Waals surface area contributed by atoms with Gasteiger partial charge in [0.2, 0.25) is 12.7 Å². The van der Waals surface area contributed by atoms with E-state index in [1.54, 1.807) is 24.3 Å². The first-order valence-corrected chi connectivity index (χ1v) is 10.3. The van der Waals surface area contributed by atoms with Crippen LogP contribution in [0.5, 0.6) is 0 Å². The first-order valence-electron chi connectivity index (χ1n) is 8.57. The predicted molar refractivity (Wildman–Crippen MR) is 110 cm³/mol. The molecular formula is C23H21O2P. The summed E-state index contributed by atoms with van der Waals surface area (Å²) in [5.41, 5.74) is 1.83. The van der Waals surface area contributed by atoms with Crippen LogP contribution in [0.4, 0.5) is 0 Å². The number of hydrogen-bond donors (Lipinski definition) is 0. The normalized spacial score (nSPS) is 13.5. The second-order valence-electron chi connectivity index (χ2n) is 6.12. The van der Waals surface area contributed by atoms with E-state index >= 15 is 0 Å². The molecule has 3 aromatic carbocycles. The van der Waals surface area contributed by atoms with Crippen molar-refractivity contribution < 1.29 is 9.36 Å². The summed E-state index contributed by atoms with van der Waals surface area (Å²) in [7, 11) is -3.52. The molecule has 2 nitrogen and oxygen atoms in total. The smallest absolute Gasteiger partial charge is 0.230 e. The Morgan fingerprint density at radius 3 is 2.15 bits per heavy atom. The van der Waals surface area contributed by atoms with Crippen LogP contribution in [0.3, 0.4) is 0 Å². The van der Waals surface area contributed by atoms with Gasteiger partial charge in [0.05, 0.1) is 0 Å². The highest BCUT2D eigenvalue weighted by molar-refractivity contribution is 7.93. The van der Waals surface area contributed by atoms with Crippen LogP contribution >= 0.6 is 7.14 Å². The first kappa shape index (κ1) is 18.1. The van der Waals surface area contributed by atoms with Gasteiger partial charge in [0.15, 0.2) is 0 Å². The molecular weight excluding hydrogens is 339 g/mol. The van der Waals surface area contributed by atoms with Gasteiger partial charge in [-0.3, -0.25) is 4.79 Å². The molecule has 0 radical (unpaired) electrons. The molecule has 3 heteroatoms. The van der Waals surface area contributed by atoms with Crippen molar-refractivity contribution in [3.8, 4) is 0 Å². The van der Waals surface area contributed by atoms with E-state index < -0.39 is 7.14 Å². The molecule has 0 saturated carbocycles. The third-order valence-corrected chi connectivity index (χ3v) is 7.33. The number of carbonyl (C=O) groups excluding carboxylic acids is 1. The summed E-state index contributed by atoms with van der Waals surface area (Å²) in [6, 6.07) is 23.8. The zero-order valence-corrected chi connectivity index (χ0v) is 15.8. The standard InChI is InChI=1S/C23H21O2P/c1-3-11-19-13-8-10-17-22(19)26(25,20-14-5-4-6-15-20)23(24)21-16-9-7-12-18(21)2/h3-17H,1-2H3. The lowest BCUT2D eigenvalue weighted by Gasteiger charge is -2.21. The Labute approximate surface area is 154 Å². The van der Waals surface area contributed by atoms with Crippen LogP contribution < -0.4 is 10.6 Å². The van der Waals surface area contributed by atoms with Crippen molar-refractivity contribution in [3.05, 3.63) is 102 Å². The van der Waals surface area contributed by atoms with Gasteiger partial charge in [-0.1, -0.05) is 91.0 Å². The van der Waals surface area contributed by atoms with E-state index in [0.29, 0.717) is 16.2 Å². The maximum Gasteiger partial charge on any atom is 0.230 e. The molecule has 0 bridgehead atoms. The van der Waals surface area contributed by atoms with Crippen molar-refractivity contribution in [2.45, 2.75) is 13.8 Å². The molecule has 0 aliphatic rings. The van der Waals surface area contributed by atoms with Crippen LogP contribution in [0.1, 0.15) is 28.4 Å². The predicted octanol–water partition coefficient (Wildman–Crippen LogP) is 5.18. The Bertz CT molecular complexity index is 1000. The molecule has 0 aliphatic carbocycles. The van der Waals surface area contributed by atoms with Gasteiger partial charge in [0, 0.05) is 16.2 Å². The summed E-state index contributed by atoms with van der Waals surface area (Å²) in [5, 5.41) is 1.14. The maximum absolute atomic E-state index is 14.4. The molecule has 0 N–H and O–H groups in total. The molecule has 130 valence electrons. The fourth-order valence-corrected chi connectivity index (χ4v) is 5.80. The highest BCUT2D eigenvalue weighted by Gasteiger charge is 2.38. The van der Waals surface area contributed by atoms with Crippen molar-refractivity contribution >= 4 is 29.4 Å². The Hall–Kier alpha value is -2.70. The van der Waals surface area contributed by atoms with Crippen LogP contribution in [0.2, 0.25) is 0 Å². The number of benzene rings is 3. The first-order chi connectivity index (χ1) is 12.6. The Balaban J connectivity index is 2.31. The highest BCUT2D eigenvalue weighted by Crippen LogP contribution is 2.48. The minimum Gasteiger partial charge on any atom is -0.305 e. The van der Waals surface area contributed by atoms with Crippen molar-refractivity contribution in [2.24, 2.45) is 0 Å². The molecule has 0 saturated heterocycles. The molecule has 1 unspecified atom stereocenters. The zero-order valence-electron chi connectivity index (χ0n) is 14.9. The molecule has 0 fully saturated rings. The Kier molecular flexibility index (Phi) is 5.35. The molecule has 0 amide bonds. The number of carbonyl (C=O) groups is 1. The fraction of sp³-hybridized carbons (Fsp3) is 0.0870. The van der Waals surface area contributed by atoms with Crippen molar-refractivity contribution in [3.63, 3.8) is 0 Å². The molecule has 3 rings (SSSR count). The Morgan fingerprint density at radius 1 is 0.846 bits per heavy atom. The summed E-state index contributed by atoms with van der Waals surface area (Å²) in [6.07, 6.45) is 3.79. The van der Waals surface area contributed by atoms with Gasteiger partial charge in [-0.05, 0) is 25.0 Å². The average molecular weight is 360 g/mol. The molecule has 26 heavy (non-hydrogen) atoms. The third-order valence-electron chi connectivity index (χ3n) is 4.40. The quantitative estimate of drug-likeness (QED) is 0.587. The summed E-state index contributed by atoms with van der Waals surface area (Å²) in [4.78, 5) is 13.6. The number of allylic oxidation sites excluding steroid dienone is 1. The van der Waals surface area contributed by atoms with E-state index in [9.17, 15) is 9.36 Å². The van der Waals surface area contributed by atoms with Gasteiger partial charge in [-0.25, -0.2) is 0 Å². The van der Waals surface area contributed by atoms with E-state index in [2.05, 4.69) is 0 Å². The van der Waals surface area contributed by atoms with Gasteiger partial charge in [0.25, 0.3) is 0 Å². The summed E-state index contributed by atoms with van der Waals surface area (Å²) in [6.45, 7) is 3.79. The molecule has 1 atom stereocenters. The van der Waals surface area contributed by atoms with E-state index in [0.717, 1.165) is 11.1 Å². The topological polar surface area (TPSA) is 34.1 Å². The lowest BCUT2D eigenvalue weighted by molar-refractivity contribution is 0.107. The largest absolute Gasteiger partial charge is 0.305 e. The second kappa shape index (κ2) is 7.68. The van der Waals surface area contributed by atoms with Gasteiger partial charge < -0.3 is 4.57 Å². The van der Waals surface area contributed by atoms with E-state index in [4.69, 9.17) is 0 Å². The van der Waals surface area contributed by atoms with Gasteiger partial charge >= 0.3 is 0 Å². The second-order valence-corrected chi connectivity index (χ2v) is 8.75. The van der Waals surface area contributed by atoms with E-state index in [-0.39, 0.29) is 5.52 Å². The van der Waals surface area contributed by atoms with E-state index in [1.165, 1.54) is 0 Å². The minimum absolute atomic E-state index is 0.321. The van der Waals surface area contributed by atoms with Gasteiger partial charge in [0.1, 0.15) is 0 Å². The molecule has 3 aromatic rings. The van der Waals surface area contributed by atoms with E-state index in [1.807, 2.05) is 80.6 Å². The summed E-state index contributed by atoms with van der Waals surface area (Å²) < 4.78 is 14.4. The number of aryl methyl sites for hydroxylation is 1. The van der Waals surface area contributed by atoms with Crippen molar-refractivity contribution in [2.75, 3.05) is 0 Å². The minimum atomic E-state index is -3.52. The summed E-state index contributed by atoms with van der Waals surface area (Å²) >= 11 is 0. The molecule has 0 aliphatic heterocycles. The molecule has 0 aromatic heterocycles. The number of rotatable bonds is 5. The Morgan fingerprint density at radius 2 is 1.46 bits per heavy atom.